The van der Waals surface area contributed by atoms with E-state index in [1.807, 2.05) is 0 Å². The molecule has 0 saturated carbocycles. The molecule has 0 radical (unpaired) electrons. The number of pyridine rings is 1. The van der Waals surface area contributed by atoms with Gasteiger partial charge < -0.3 is 15.2 Å². The molecule has 1 saturated heterocycles. The molecule has 1 atom stereocenters. The minimum absolute atomic E-state index is 0.281. The summed E-state index contributed by atoms with van der Waals surface area (Å²) in [4.78, 5) is 4.22. The summed E-state index contributed by atoms with van der Waals surface area (Å²) in [6.45, 7) is 1.32. The van der Waals surface area contributed by atoms with Crippen LogP contribution >= 0.6 is 0 Å². The Labute approximate surface area is 143 Å². The summed E-state index contributed by atoms with van der Waals surface area (Å²) in [5.41, 5.74) is 0.408. The lowest BCUT2D eigenvalue weighted by Gasteiger charge is -2.41. The van der Waals surface area contributed by atoms with Gasteiger partial charge >= 0.3 is 6.36 Å². The van der Waals surface area contributed by atoms with Crippen LogP contribution in [0.15, 0.2) is 48.7 Å². The molecule has 3 rings (SSSR count). The smallest absolute Gasteiger partial charge is 0.406 e. The van der Waals surface area contributed by atoms with E-state index in [1.54, 1.807) is 30.5 Å². The van der Waals surface area contributed by atoms with Gasteiger partial charge in [-0.05, 0) is 55.8 Å². The van der Waals surface area contributed by atoms with E-state index in [0.29, 0.717) is 37.2 Å². The Bertz CT molecular complexity index is 701. The van der Waals surface area contributed by atoms with Gasteiger partial charge in [0.15, 0.2) is 0 Å². The Balaban J connectivity index is 2.00. The van der Waals surface area contributed by atoms with Crippen molar-refractivity contribution in [3.63, 3.8) is 0 Å². The molecule has 134 valence electrons. The second-order valence-corrected chi connectivity index (χ2v) is 6.14. The van der Waals surface area contributed by atoms with E-state index >= 15 is 0 Å². The number of aromatic nitrogens is 1. The summed E-state index contributed by atoms with van der Waals surface area (Å²) < 4.78 is 41.7. The molecule has 1 unspecified atom stereocenters. The fourth-order valence-corrected chi connectivity index (χ4v) is 3.42. The van der Waals surface area contributed by atoms with Gasteiger partial charge in [-0.25, -0.2) is 0 Å². The van der Waals surface area contributed by atoms with Crippen molar-refractivity contribution in [1.29, 1.82) is 0 Å². The molecule has 4 nitrogen and oxygen atoms in total. The molecule has 25 heavy (non-hydrogen) atoms. The molecular formula is C18H19F3N2O2. The maximum Gasteiger partial charge on any atom is 0.573 e. The van der Waals surface area contributed by atoms with Gasteiger partial charge in [-0.2, -0.15) is 0 Å². The van der Waals surface area contributed by atoms with Crippen LogP contribution in [-0.2, 0) is 5.41 Å². The highest BCUT2D eigenvalue weighted by molar-refractivity contribution is 5.37. The van der Waals surface area contributed by atoms with E-state index in [1.165, 1.54) is 18.2 Å². The summed E-state index contributed by atoms with van der Waals surface area (Å²) in [6.07, 6.45) is -2.91. The van der Waals surface area contributed by atoms with Crippen molar-refractivity contribution >= 4 is 0 Å². The zero-order valence-corrected chi connectivity index (χ0v) is 13.5. The van der Waals surface area contributed by atoms with E-state index < -0.39 is 17.9 Å². The van der Waals surface area contributed by atoms with Crippen LogP contribution in [0.5, 0.6) is 5.75 Å². The van der Waals surface area contributed by atoms with Crippen LogP contribution < -0.4 is 10.1 Å². The number of halogens is 3. The fourth-order valence-electron chi connectivity index (χ4n) is 3.42. The molecule has 2 N–H and O–H groups in total. The van der Waals surface area contributed by atoms with E-state index in [2.05, 4.69) is 15.0 Å². The third-order valence-corrected chi connectivity index (χ3v) is 4.63. The van der Waals surface area contributed by atoms with E-state index in [-0.39, 0.29) is 5.75 Å². The zero-order chi connectivity index (χ0) is 17.9. The minimum Gasteiger partial charge on any atom is -0.406 e. The number of nitrogens with zero attached hydrogens (tertiary/aromatic N) is 1. The second kappa shape index (κ2) is 7.01. The number of aliphatic hydroxyl groups excluding tert-OH is 1. The summed E-state index contributed by atoms with van der Waals surface area (Å²) in [5, 5.41) is 14.2. The lowest BCUT2D eigenvalue weighted by Crippen LogP contribution is -2.44. The number of nitrogens with one attached hydrogen (secondary N) is 1. The van der Waals surface area contributed by atoms with Gasteiger partial charge in [0.2, 0.25) is 0 Å². The van der Waals surface area contributed by atoms with Crippen molar-refractivity contribution in [2.45, 2.75) is 30.7 Å². The third-order valence-electron chi connectivity index (χ3n) is 4.63. The Morgan fingerprint density at radius 1 is 1.12 bits per heavy atom. The summed E-state index contributed by atoms with van der Waals surface area (Å²) in [6, 6.07) is 11.1. The zero-order valence-electron chi connectivity index (χ0n) is 13.5. The molecule has 2 heterocycles. The van der Waals surface area contributed by atoms with Crippen molar-refractivity contribution in [1.82, 2.24) is 10.3 Å². The summed E-state index contributed by atoms with van der Waals surface area (Å²) >= 11 is 0. The maximum atomic E-state index is 12.5. The Hall–Kier alpha value is -2.12. The molecule has 0 spiro atoms. The van der Waals surface area contributed by atoms with Gasteiger partial charge in [-0.3, -0.25) is 4.98 Å². The first-order valence-electron chi connectivity index (χ1n) is 8.07. The molecule has 2 aromatic rings. The molecular weight excluding hydrogens is 333 g/mol. The maximum absolute atomic E-state index is 12.5. The van der Waals surface area contributed by atoms with Gasteiger partial charge in [-0.1, -0.05) is 18.2 Å². The first-order valence-corrected chi connectivity index (χ1v) is 8.07. The average Bonchev–Trinajstić information content (AvgIpc) is 2.61. The van der Waals surface area contributed by atoms with E-state index in [0.717, 1.165) is 0 Å². The highest BCUT2D eigenvalue weighted by atomic mass is 19.4. The number of alkyl halides is 3. The number of hydrogen-bond acceptors (Lipinski definition) is 4. The first-order chi connectivity index (χ1) is 11.9. The van der Waals surface area contributed by atoms with Gasteiger partial charge in [0.05, 0.1) is 5.69 Å². The van der Waals surface area contributed by atoms with Crippen molar-refractivity contribution in [2.75, 3.05) is 13.1 Å². The van der Waals surface area contributed by atoms with Gasteiger partial charge in [0.25, 0.3) is 0 Å². The highest BCUT2D eigenvalue weighted by Crippen LogP contribution is 2.44. The number of aliphatic hydroxyl groups is 1. The largest absolute Gasteiger partial charge is 0.573 e. The minimum atomic E-state index is -4.75. The van der Waals surface area contributed by atoms with E-state index in [4.69, 9.17) is 0 Å². The van der Waals surface area contributed by atoms with Crippen LogP contribution in [-0.4, -0.2) is 29.5 Å². The Morgan fingerprint density at radius 3 is 2.52 bits per heavy atom. The van der Waals surface area contributed by atoms with Gasteiger partial charge in [-0.15, -0.1) is 13.2 Å². The van der Waals surface area contributed by atoms with Crippen LogP contribution in [0, 0.1) is 0 Å². The average molecular weight is 352 g/mol. The van der Waals surface area contributed by atoms with Crippen LogP contribution in [0.1, 0.15) is 30.2 Å². The summed E-state index contributed by atoms with van der Waals surface area (Å²) in [7, 11) is 0. The van der Waals surface area contributed by atoms with E-state index in [9.17, 15) is 18.3 Å². The normalized spacial score (nSPS) is 18.6. The molecule has 1 aromatic carbocycles. The lowest BCUT2D eigenvalue weighted by molar-refractivity contribution is -0.274. The van der Waals surface area contributed by atoms with Gasteiger partial charge in [0.1, 0.15) is 11.9 Å². The van der Waals surface area contributed by atoms with Crippen LogP contribution in [0.25, 0.3) is 0 Å². The molecule has 1 aliphatic heterocycles. The number of piperidine rings is 1. The number of rotatable bonds is 4. The standard InChI is InChI=1S/C18H19F3N2O2/c19-18(20,21)25-14-5-3-4-13(12-14)17(7-10-22-11-8-17)16(24)15-6-1-2-9-23-15/h1-6,9,12,16,22,24H,7-8,10-11H2. The van der Waals surface area contributed by atoms with Crippen LogP contribution in [0.2, 0.25) is 0 Å². The molecule has 0 amide bonds. The predicted octanol–water partition coefficient (Wildman–Crippen LogP) is 3.34. The monoisotopic (exact) mass is 352 g/mol. The molecule has 0 bridgehead atoms. The van der Waals surface area contributed by atoms with Crippen LogP contribution in [0.4, 0.5) is 13.2 Å². The van der Waals surface area contributed by atoms with Crippen LogP contribution in [0.3, 0.4) is 0 Å². The van der Waals surface area contributed by atoms with Crippen molar-refractivity contribution in [3.8, 4) is 5.75 Å². The number of ether oxygens (including phenoxy) is 1. The molecule has 1 fully saturated rings. The summed E-state index contributed by atoms with van der Waals surface area (Å²) in [5.74, 6) is -0.281. The number of hydrogen-bond donors (Lipinski definition) is 2. The molecule has 1 aromatic heterocycles. The highest BCUT2D eigenvalue weighted by Gasteiger charge is 2.42. The Morgan fingerprint density at radius 2 is 1.88 bits per heavy atom. The van der Waals surface area contributed by atoms with Crippen molar-refractivity contribution < 1.29 is 23.0 Å². The molecule has 1 aliphatic rings. The lowest BCUT2D eigenvalue weighted by atomic mass is 9.68. The predicted molar refractivity (Wildman–Crippen MR) is 86.1 cm³/mol. The van der Waals surface area contributed by atoms with Crippen molar-refractivity contribution in [3.05, 3.63) is 59.9 Å². The first kappa shape index (κ1) is 17.7. The van der Waals surface area contributed by atoms with Crippen molar-refractivity contribution in [2.24, 2.45) is 0 Å². The quantitative estimate of drug-likeness (QED) is 0.886. The third kappa shape index (κ3) is 3.93. The number of benzene rings is 1. The topological polar surface area (TPSA) is 54.4 Å². The molecule has 0 aliphatic carbocycles. The second-order valence-electron chi connectivity index (χ2n) is 6.14. The SMILES string of the molecule is OC(c1ccccn1)C1(c2cccc(OC(F)(F)F)c2)CCNCC1. The van der Waals surface area contributed by atoms with Gasteiger partial charge in [0, 0.05) is 11.6 Å². The Kier molecular flexibility index (Phi) is 4.96. The molecule has 7 heteroatoms. The fraction of sp³-hybridized carbons (Fsp3) is 0.389.